The Hall–Kier alpha value is -1.58. The van der Waals surface area contributed by atoms with Gasteiger partial charge in [0.05, 0.1) is 0 Å². The Kier molecular flexibility index (Phi) is 4.63. The first-order valence-corrected chi connectivity index (χ1v) is 7.52. The maximum Gasteiger partial charge on any atom is 0.272 e. The first-order chi connectivity index (χ1) is 9.52. The highest BCUT2D eigenvalue weighted by Crippen LogP contribution is 2.30. The zero-order valence-corrected chi connectivity index (χ0v) is 12.8. The summed E-state index contributed by atoms with van der Waals surface area (Å²) in [5, 5.41) is 3.15. The molecule has 4 nitrogen and oxygen atoms in total. The van der Waals surface area contributed by atoms with Gasteiger partial charge in [0, 0.05) is 19.6 Å². The molecular formula is C16H25N3O. The molecule has 0 aliphatic carbocycles. The largest absolute Gasteiger partial charge is 0.370 e. The first-order valence-electron chi connectivity index (χ1n) is 7.52. The fraction of sp³-hybridized carbons (Fsp3) is 0.625. The first kappa shape index (κ1) is 14.8. The summed E-state index contributed by atoms with van der Waals surface area (Å²) in [7, 11) is 0. The lowest BCUT2D eigenvalue weighted by Crippen LogP contribution is -2.33. The molecule has 0 radical (unpaired) electrons. The van der Waals surface area contributed by atoms with Crippen LogP contribution in [0.5, 0.6) is 0 Å². The summed E-state index contributed by atoms with van der Waals surface area (Å²) in [6, 6.07) is 5.59. The van der Waals surface area contributed by atoms with Crippen molar-refractivity contribution in [3.63, 3.8) is 0 Å². The minimum absolute atomic E-state index is 0.0578. The van der Waals surface area contributed by atoms with Gasteiger partial charge in [0.15, 0.2) is 0 Å². The SMILES string of the molecule is CCNc1cccc(C(=O)N2CCCC(C)(C)CC2)n1. The molecule has 2 heterocycles. The summed E-state index contributed by atoms with van der Waals surface area (Å²) in [4.78, 5) is 18.9. The van der Waals surface area contributed by atoms with E-state index in [0.717, 1.165) is 38.3 Å². The number of hydrogen-bond donors (Lipinski definition) is 1. The van der Waals surface area contributed by atoms with Crippen LogP contribution in [-0.2, 0) is 0 Å². The fourth-order valence-corrected chi connectivity index (χ4v) is 2.62. The Morgan fingerprint density at radius 2 is 2.15 bits per heavy atom. The molecule has 20 heavy (non-hydrogen) atoms. The third kappa shape index (κ3) is 3.71. The molecule has 1 aromatic rings. The summed E-state index contributed by atoms with van der Waals surface area (Å²) in [5.41, 5.74) is 0.886. The molecule has 0 saturated carbocycles. The van der Waals surface area contributed by atoms with Crippen molar-refractivity contribution in [2.75, 3.05) is 25.0 Å². The van der Waals surface area contributed by atoms with Crippen molar-refractivity contribution < 1.29 is 4.79 Å². The van der Waals surface area contributed by atoms with Gasteiger partial charge in [-0.05, 0) is 43.7 Å². The van der Waals surface area contributed by atoms with Crippen molar-refractivity contribution in [2.24, 2.45) is 5.41 Å². The highest BCUT2D eigenvalue weighted by molar-refractivity contribution is 5.92. The number of pyridine rings is 1. The van der Waals surface area contributed by atoms with Crippen molar-refractivity contribution in [3.8, 4) is 0 Å². The fourth-order valence-electron chi connectivity index (χ4n) is 2.62. The number of nitrogens with zero attached hydrogens (tertiary/aromatic N) is 2. The van der Waals surface area contributed by atoms with Crippen LogP contribution in [0.2, 0.25) is 0 Å². The Labute approximate surface area is 121 Å². The standard InChI is InChI=1S/C16H25N3O/c1-4-17-14-8-5-7-13(18-14)15(20)19-11-6-9-16(2,3)10-12-19/h5,7-8H,4,6,9-12H2,1-3H3,(H,17,18). The van der Waals surface area contributed by atoms with Crippen molar-refractivity contribution in [1.29, 1.82) is 0 Å². The van der Waals surface area contributed by atoms with Crippen molar-refractivity contribution in [2.45, 2.75) is 40.0 Å². The highest BCUT2D eigenvalue weighted by atomic mass is 16.2. The van der Waals surface area contributed by atoms with E-state index in [-0.39, 0.29) is 5.91 Å². The van der Waals surface area contributed by atoms with Gasteiger partial charge in [-0.3, -0.25) is 4.79 Å². The molecule has 1 aliphatic rings. The van der Waals surface area contributed by atoms with Crippen LogP contribution in [0.3, 0.4) is 0 Å². The van der Waals surface area contributed by atoms with E-state index in [4.69, 9.17) is 0 Å². The number of anilines is 1. The average molecular weight is 275 g/mol. The Bertz CT molecular complexity index is 471. The van der Waals surface area contributed by atoms with Gasteiger partial charge in [-0.2, -0.15) is 0 Å². The Morgan fingerprint density at radius 1 is 1.35 bits per heavy atom. The van der Waals surface area contributed by atoms with E-state index in [1.807, 2.05) is 24.0 Å². The van der Waals surface area contributed by atoms with Crippen LogP contribution >= 0.6 is 0 Å². The smallest absolute Gasteiger partial charge is 0.272 e. The number of nitrogens with one attached hydrogen (secondary N) is 1. The topological polar surface area (TPSA) is 45.2 Å². The lowest BCUT2D eigenvalue weighted by atomic mass is 9.85. The van der Waals surface area contributed by atoms with E-state index >= 15 is 0 Å². The minimum Gasteiger partial charge on any atom is -0.370 e. The van der Waals surface area contributed by atoms with Crippen LogP contribution in [0.4, 0.5) is 5.82 Å². The van der Waals surface area contributed by atoms with Gasteiger partial charge in [-0.25, -0.2) is 4.98 Å². The van der Waals surface area contributed by atoms with Crippen LogP contribution in [-0.4, -0.2) is 35.4 Å². The predicted molar refractivity (Wildman–Crippen MR) is 81.9 cm³/mol. The van der Waals surface area contributed by atoms with Gasteiger partial charge in [0.2, 0.25) is 0 Å². The molecule has 1 aliphatic heterocycles. The number of amides is 1. The molecule has 0 bridgehead atoms. The predicted octanol–water partition coefficient (Wildman–Crippen LogP) is 3.17. The second-order valence-corrected chi connectivity index (χ2v) is 6.25. The number of likely N-dealkylation sites (tertiary alicyclic amines) is 1. The van der Waals surface area contributed by atoms with Crippen LogP contribution in [0.1, 0.15) is 50.5 Å². The van der Waals surface area contributed by atoms with Gasteiger partial charge in [0.25, 0.3) is 5.91 Å². The molecule has 1 aromatic heterocycles. The van der Waals surface area contributed by atoms with Crippen molar-refractivity contribution in [1.82, 2.24) is 9.88 Å². The number of aromatic nitrogens is 1. The third-order valence-electron chi connectivity index (χ3n) is 3.95. The van der Waals surface area contributed by atoms with E-state index in [1.54, 1.807) is 6.07 Å². The minimum atomic E-state index is 0.0578. The number of carbonyl (C=O) groups is 1. The van der Waals surface area contributed by atoms with Crippen LogP contribution in [0, 0.1) is 5.41 Å². The molecule has 0 aromatic carbocycles. The van der Waals surface area contributed by atoms with E-state index in [9.17, 15) is 4.79 Å². The maximum atomic E-state index is 12.6. The molecular weight excluding hydrogens is 250 g/mol. The zero-order valence-electron chi connectivity index (χ0n) is 12.8. The second-order valence-electron chi connectivity index (χ2n) is 6.25. The van der Waals surface area contributed by atoms with Gasteiger partial charge in [0.1, 0.15) is 11.5 Å². The molecule has 110 valence electrons. The molecule has 0 unspecified atom stereocenters. The molecule has 0 spiro atoms. The lowest BCUT2D eigenvalue weighted by Gasteiger charge is -2.23. The van der Waals surface area contributed by atoms with Gasteiger partial charge < -0.3 is 10.2 Å². The van der Waals surface area contributed by atoms with Crippen molar-refractivity contribution >= 4 is 11.7 Å². The molecule has 1 saturated heterocycles. The van der Waals surface area contributed by atoms with E-state index < -0.39 is 0 Å². The number of carbonyl (C=O) groups excluding carboxylic acids is 1. The normalized spacial score (nSPS) is 18.4. The summed E-state index contributed by atoms with van der Waals surface area (Å²) in [6.45, 7) is 9.07. The summed E-state index contributed by atoms with van der Waals surface area (Å²) in [6.07, 6.45) is 3.32. The van der Waals surface area contributed by atoms with Gasteiger partial charge >= 0.3 is 0 Å². The number of hydrogen-bond acceptors (Lipinski definition) is 3. The monoisotopic (exact) mass is 275 g/mol. The van der Waals surface area contributed by atoms with E-state index in [1.165, 1.54) is 6.42 Å². The molecule has 2 rings (SSSR count). The molecule has 1 amide bonds. The van der Waals surface area contributed by atoms with E-state index in [2.05, 4.69) is 24.1 Å². The Balaban J connectivity index is 2.08. The zero-order chi connectivity index (χ0) is 14.6. The molecule has 0 atom stereocenters. The molecule has 1 N–H and O–H groups in total. The summed E-state index contributed by atoms with van der Waals surface area (Å²) >= 11 is 0. The number of rotatable bonds is 3. The van der Waals surface area contributed by atoms with Crippen molar-refractivity contribution in [3.05, 3.63) is 23.9 Å². The summed E-state index contributed by atoms with van der Waals surface area (Å²) in [5.74, 6) is 0.830. The third-order valence-corrected chi connectivity index (χ3v) is 3.95. The molecule has 4 heteroatoms. The highest BCUT2D eigenvalue weighted by Gasteiger charge is 2.26. The quantitative estimate of drug-likeness (QED) is 0.921. The maximum absolute atomic E-state index is 12.6. The average Bonchev–Trinajstić information content (AvgIpc) is 2.60. The molecule has 1 fully saturated rings. The Morgan fingerprint density at radius 3 is 2.90 bits per heavy atom. The van der Waals surface area contributed by atoms with Gasteiger partial charge in [-0.15, -0.1) is 0 Å². The van der Waals surface area contributed by atoms with Crippen LogP contribution in [0.15, 0.2) is 18.2 Å². The van der Waals surface area contributed by atoms with E-state index in [0.29, 0.717) is 11.1 Å². The lowest BCUT2D eigenvalue weighted by molar-refractivity contribution is 0.0751. The second kappa shape index (κ2) is 6.25. The van der Waals surface area contributed by atoms with Crippen LogP contribution in [0.25, 0.3) is 0 Å². The van der Waals surface area contributed by atoms with Crippen LogP contribution < -0.4 is 5.32 Å². The van der Waals surface area contributed by atoms with Gasteiger partial charge in [-0.1, -0.05) is 19.9 Å². The summed E-state index contributed by atoms with van der Waals surface area (Å²) < 4.78 is 0.